The second-order valence-electron chi connectivity index (χ2n) is 7.14. The molecule has 0 unspecified atom stereocenters. The second-order valence-corrected chi connectivity index (χ2v) is 9.49. The number of carbonyl (C=O) groups is 2. The van der Waals surface area contributed by atoms with Gasteiger partial charge in [0.15, 0.2) is 0 Å². The number of fused-ring (bicyclic) bond motifs is 1. The minimum absolute atomic E-state index is 0.0961. The van der Waals surface area contributed by atoms with Crippen LogP contribution in [0.4, 0.5) is 5.69 Å². The standard InChI is InChI=1S/C21H19Br2NO3/c1-12-3-2-4-15(9-12)27-14-7-5-13(6-8-14)24-20(25)16-10-18(22)19(23)11-17(16)21(24)26/h2-9,16-19H,10-11H2,1H3/t16-,17+,18-,19-/m1/s1. The zero-order valence-electron chi connectivity index (χ0n) is 14.8. The van der Waals surface area contributed by atoms with E-state index >= 15 is 0 Å². The molecule has 1 heterocycles. The summed E-state index contributed by atoms with van der Waals surface area (Å²) in [5.74, 6) is 0.760. The number of benzene rings is 2. The van der Waals surface area contributed by atoms with Gasteiger partial charge in [-0.05, 0) is 61.7 Å². The van der Waals surface area contributed by atoms with Crippen molar-refractivity contribution in [3.8, 4) is 11.5 Å². The highest BCUT2D eigenvalue weighted by molar-refractivity contribution is 9.12. The first-order valence-electron chi connectivity index (χ1n) is 8.94. The quantitative estimate of drug-likeness (QED) is 0.436. The molecular weight excluding hydrogens is 474 g/mol. The first-order chi connectivity index (χ1) is 12.9. The molecule has 2 aromatic rings. The number of amides is 2. The van der Waals surface area contributed by atoms with Crippen LogP contribution in [0.3, 0.4) is 0 Å². The molecule has 1 saturated carbocycles. The van der Waals surface area contributed by atoms with Gasteiger partial charge in [-0.15, -0.1) is 0 Å². The van der Waals surface area contributed by atoms with Crippen LogP contribution in [0.5, 0.6) is 11.5 Å². The molecule has 1 saturated heterocycles. The number of halogens is 2. The molecule has 0 bridgehead atoms. The summed E-state index contributed by atoms with van der Waals surface area (Å²) in [7, 11) is 0. The van der Waals surface area contributed by atoms with Gasteiger partial charge in [-0.3, -0.25) is 14.5 Å². The number of carbonyl (C=O) groups excluding carboxylic acids is 2. The topological polar surface area (TPSA) is 46.6 Å². The summed E-state index contributed by atoms with van der Waals surface area (Å²) in [6, 6.07) is 14.9. The molecule has 0 spiro atoms. The van der Waals surface area contributed by atoms with Crippen molar-refractivity contribution >= 4 is 49.4 Å². The average molecular weight is 493 g/mol. The predicted molar refractivity (Wildman–Crippen MR) is 112 cm³/mol. The van der Waals surface area contributed by atoms with Gasteiger partial charge in [0, 0.05) is 9.65 Å². The number of alkyl halides is 2. The molecule has 140 valence electrons. The van der Waals surface area contributed by atoms with Gasteiger partial charge in [0.25, 0.3) is 0 Å². The predicted octanol–water partition coefficient (Wildman–Crippen LogP) is 5.21. The number of nitrogens with zero attached hydrogens (tertiary/aromatic N) is 1. The average Bonchev–Trinajstić information content (AvgIpc) is 2.87. The molecule has 2 fully saturated rings. The highest BCUT2D eigenvalue weighted by Crippen LogP contribution is 2.44. The maximum Gasteiger partial charge on any atom is 0.237 e. The molecule has 2 aliphatic rings. The second kappa shape index (κ2) is 7.40. The normalized spacial score (nSPS) is 27.6. The van der Waals surface area contributed by atoms with Crippen LogP contribution in [0.25, 0.3) is 0 Å². The Bertz CT molecular complexity index is 855. The lowest BCUT2D eigenvalue weighted by molar-refractivity contribution is -0.122. The number of rotatable bonds is 3. The Hall–Kier alpha value is -1.66. The van der Waals surface area contributed by atoms with Gasteiger partial charge in [0.05, 0.1) is 17.5 Å². The highest BCUT2D eigenvalue weighted by Gasteiger charge is 2.52. The van der Waals surface area contributed by atoms with Crippen molar-refractivity contribution < 1.29 is 14.3 Å². The van der Waals surface area contributed by atoms with E-state index in [-0.39, 0.29) is 33.3 Å². The van der Waals surface area contributed by atoms with Crippen molar-refractivity contribution in [3.05, 3.63) is 54.1 Å². The van der Waals surface area contributed by atoms with E-state index in [2.05, 4.69) is 31.9 Å². The fourth-order valence-corrected chi connectivity index (χ4v) is 5.06. The van der Waals surface area contributed by atoms with Gasteiger partial charge in [-0.25, -0.2) is 0 Å². The molecule has 27 heavy (non-hydrogen) atoms. The van der Waals surface area contributed by atoms with Crippen molar-refractivity contribution in [3.63, 3.8) is 0 Å². The largest absolute Gasteiger partial charge is 0.457 e. The van der Waals surface area contributed by atoms with Gasteiger partial charge in [-0.1, -0.05) is 44.0 Å². The molecule has 2 amide bonds. The SMILES string of the molecule is Cc1cccc(Oc2ccc(N3C(=O)[C@H]4C[C@@H](Br)[C@H](Br)C[C@H]4C3=O)cc2)c1. The molecule has 1 aliphatic carbocycles. The van der Waals surface area contributed by atoms with Crippen LogP contribution in [0.1, 0.15) is 18.4 Å². The van der Waals surface area contributed by atoms with Crippen LogP contribution in [-0.4, -0.2) is 21.5 Å². The number of hydrogen-bond acceptors (Lipinski definition) is 3. The van der Waals surface area contributed by atoms with E-state index in [4.69, 9.17) is 4.74 Å². The van der Waals surface area contributed by atoms with E-state index in [0.29, 0.717) is 24.3 Å². The van der Waals surface area contributed by atoms with E-state index in [9.17, 15) is 9.59 Å². The van der Waals surface area contributed by atoms with E-state index in [1.54, 1.807) is 24.3 Å². The number of ether oxygens (including phenoxy) is 1. The molecule has 2 aromatic carbocycles. The van der Waals surface area contributed by atoms with Crippen molar-refractivity contribution in [1.29, 1.82) is 0 Å². The number of imide groups is 1. The third-order valence-corrected chi connectivity index (χ3v) is 7.97. The molecule has 6 heteroatoms. The Morgan fingerprint density at radius 1 is 0.889 bits per heavy atom. The molecule has 4 nitrogen and oxygen atoms in total. The Kier molecular flexibility index (Phi) is 5.12. The van der Waals surface area contributed by atoms with Crippen molar-refractivity contribution in [2.45, 2.75) is 29.4 Å². The minimum Gasteiger partial charge on any atom is -0.457 e. The van der Waals surface area contributed by atoms with Gasteiger partial charge < -0.3 is 4.74 Å². The van der Waals surface area contributed by atoms with E-state index < -0.39 is 0 Å². The zero-order chi connectivity index (χ0) is 19.1. The Morgan fingerprint density at radius 2 is 1.48 bits per heavy atom. The van der Waals surface area contributed by atoms with Gasteiger partial charge in [0.1, 0.15) is 11.5 Å². The zero-order valence-corrected chi connectivity index (χ0v) is 17.9. The third kappa shape index (κ3) is 3.57. The number of hydrogen-bond donors (Lipinski definition) is 0. The summed E-state index contributed by atoms with van der Waals surface area (Å²) >= 11 is 7.23. The lowest BCUT2D eigenvalue weighted by atomic mass is 9.81. The van der Waals surface area contributed by atoms with Crippen LogP contribution in [0, 0.1) is 18.8 Å². The van der Waals surface area contributed by atoms with E-state index in [1.807, 2.05) is 31.2 Å². The molecule has 4 atom stereocenters. The first-order valence-corrected chi connectivity index (χ1v) is 10.8. The van der Waals surface area contributed by atoms with Crippen LogP contribution in [0.15, 0.2) is 48.5 Å². The van der Waals surface area contributed by atoms with Gasteiger partial charge in [0.2, 0.25) is 11.8 Å². The van der Waals surface area contributed by atoms with Crippen molar-refractivity contribution in [2.75, 3.05) is 4.90 Å². The number of anilines is 1. The maximum atomic E-state index is 12.9. The fourth-order valence-electron chi connectivity index (χ4n) is 3.83. The fraction of sp³-hybridized carbons (Fsp3) is 0.333. The van der Waals surface area contributed by atoms with E-state index in [1.165, 1.54) is 4.90 Å². The first kappa shape index (κ1) is 18.7. The van der Waals surface area contributed by atoms with Crippen LogP contribution in [0.2, 0.25) is 0 Å². The Labute approximate surface area is 175 Å². The molecule has 4 rings (SSSR count). The van der Waals surface area contributed by atoms with Gasteiger partial charge >= 0.3 is 0 Å². The molecule has 1 aliphatic heterocycles. The molecule has 0 radical (unpaired) electrons. The Morgan fingerprint density at radius 3 is 2.04 bits per heavy atom. The molecule has 0 aromatic heterocycles. The number of aryl methyl sites for hydroxylation is 1. The summed E-state index contributed by atoms with van der Waals surface area (Å²) in [4.78, 5) is 27.5. The minimum atomic E-state index is -0.237. The molecular formula is C21H19Br2NO3. The van der Waals surface area contributed by atoms with Crippen molar-refractivity contribution in [2.24, 2.45) is 11.8 Å². The lowest BCUT2D eigenvalue weighted by Gasteiger charge is -2.29. The van der Waals surface area contributed by atoms with Crippen LogP contribution in [-0.2, 0) is 9.59 Å². The monoisotopic (exact) mass is 491 g/mol. The van der Waals surface area contributed by atoms with E-state index in [0.717, 1.165) is 11.3 Å². The van der Waals surface area contributed by atoms with Crippen LogP contribution < -0.4 is 9.64 Å². The summed E-state index contributed by atoms with van der Waals surface area (Å²) in [6.45, 7) is 2.01. The van der Waals surface area contributed by atoms with Crippen molar-refractivity contribution in [1.82, 2.24) is 0 Å². The maximum absolute atomic E-state index is 12.9. The third-order valence-electron chi connectivity index (χ3n) is 5.23. The smallest absolute Gasteiger partial charge is 0.237 e. The lowest BCUT2D eigenvalue weighted by Crippen LogP contribution is -2.34. The summed E-state index contributed by atoms with van der Waals surface area (Å²) in [5, 5.41) is 0. The van der Waals surface area contributed by atoms with Gasteiger partial charge in [-0.2, -0.15) is 0 Å². The molecule has 0 N–H and O–H groups in total. The Balaban J connectivity index is 1.53. The summed E-state index contributed by atoms with van der Waals surface area (Å²) < 4.78 is 5.85. The summed E-state index contributed by atoms with van der Waals surface area (Å²) in [6.07, 6.45) is 1.35. The summed E-state index contributed by atoms with van der Waals surface area (Å²) in [5.41, 5.74) is 1.73. The van der Waals surface area contributed by atoms with Crippen LogP contribution >= 0.6 is 31.9 Å². The highest BCUT2D eigenvalue weighted by atomic mass is 79.9.